The molecule has 124 valence electrons. The van der Waals surface area contributed by atoms with Crippen LogP contribution in [-0.2, 0) is 11.3 Å². The Balaban J connectivity index is 2.14. The van der Waals surface area contributed by atoms with Crippen LogP contribution < -0.4 is 5.32 Å². The van der Waals surface area contributed by atoms with Gasteiger partial charge >= 0.3 is 0 Å². The van der Waals surface area contributed by atoms with E-state index in [2.05, 4.69) is 41.5 Å². The van der Waals surface area contributed by atoms with Gasteiger partial charge in [-0.1, -0.05) is 35.5 Å². The zero-order chi connectivity index (χ0) is 17.0. The van der Waals surface area contributed by atoms with Crippen molar-refractivity contribution in [3.63, 3.8) is 0 Å². The quantitative estimate of drug-likeness (QED) is 0.854. The van der Waals surface area contributed by atoms with Gasteiger partial charge in [-0.3, -0.25) is 4.79 Å². The van der Waals surface area contributed by atoms with E-state index in [9.17, 15) is 4.79 Å². The molecule has 2 aromatic rings. The first-order chi connectivity index (χ1) is 10.8. The summed E-state index contributed by atoms with van der Waals surface area (Å²) in [6.45, 7) is 10.8. The van der Waals surface area contributed by atoms with Crippen LogP contribution in [0.15, 0.2) is 29.4 Å². The Morgan fingerprint density at radius 3 is 2.65 bits per heavy atom. The van der Waals surface area contributed by atoms with Crippen LogP contribution >= 0.6 is 11.8 Å². The molecule has 1 N–H and O–H groups in total. The van der Waals surface area contributed by atoms with E-state index in [0.29, 0.717) is 5.75 Å². The average molecular weight is 332 g/mol. The summed E-state index contributed by atoms with van der Waals surface area (Å²) in [5.41, 5.74) is 2.01. The van der Waals surface area contributed by atoms with Gasteiger partial charge in [-0.2, -0.15) is 0 Å². The van der Waals surface area contributed by atoms with Crippen molar-refractivity contribution in [1.29, 1.82) is 0 Å². The lowest BCUT2D eigenvalue weighted by Crippen LogP contribution is -2.41. The van der Waals surface area contributed by atoms with Gasteiger partial charge in [0.1, 0.15) is 0 Å². The molecule has 2 rings (SSSR count). The number of benzene rings is 1. The summed E-state index contributed by atoms with van der Waals surface area (Å²) in [6, 6.07) is 8.20. The highest BCUT2D eigenvalue weighted by molar-refractivity contribution is 7.99. The Bertz CT molecular complexity index is 688. The van der Waals surface area contributed by atoms with Gasteiger partial charge in [0.05, 0.1) is 5.75 Å². The molecule has 23 heavy (non-hydrogen) atoms. The van der Waals surface area contributed by atoms with E-state index >= 15 is 0 Å². The smallest absolute Gasteiger partial charge is 0.230 e. The molecule has 0 atom stereocenters. The van der Waals surface area contributed by atoms with Crippen molar-refractivity contribution >= 4 is 17.7 Å². The predicted molar refractivity (Wildman–Crippen MR) is 94.5 cm³/mol. The van der Waals surface area contributed by atoms with Gasteiger partial charge < -0.3 is 9.88 Å². The van der Waals surface area contributed by atoms with Crippen molar-refractivity contribution in [3.8, 4) is 11.4 Å². The molecule has 0 radical (unpaired) electrons. The molecule has 5 nitrogen and oxygen atoms in total. The Morgan fingerprint density at radius 2 is 2.04 bits per heavy atom. The third-order valence-electron chi connectivity index (χ3n) is 3.16. The Morgan fingerprint density at radius 1 is 1.30 bits per heavy atom. The number of thioether (sulfide) groups is 1. The fourth-order valence-electron chi connectivity index (χ4n) is 2.26. The zero-order valence-corrected chi connectivity index (χ0v) is 15.2. The van der Waals surface area contributed by atoms with Gasteiger partial charge in [0, 0.05) is 17.6 Å². The molecule has 0 aliphatic heterocycles. The molecular formula is C17H24N4OS. The molecule has 1 heterocycles. The molecule has 0 saturated carbocycles. The first-order valence-corrected chi connectivity index (χ1v) is 8.73. The minimum Gasteiger partial charge on any atom is -0.351 e. The fourth-order valence-corrected chi connectivity index (χ4v) is 3.07. The summed E-state index contributed by atoms with van der Waals surface area (Å²) in [5, 5.41) is 12.3. The van der Waals surface area contributed by atoms with Crippen LogP contribution in [0.25, 0.3) is 11.4 Å². The van der Waals surface area contributed by atoms with Crippen LogP contribution in [-0.4, -0.2) is 32.0 Å². The van der Waals surface area contributed by atoms with Crippen LogP contribution in [0.3, 0.4) is 0 Å². The van der Waals surface area contributed by atoms with Gasteiger partial charge in [-0.15, -0.1) is 10.2 Å². The first-order valence-electron chi connectivity index (χ1n) is 7.74. The van der Waals surface area contributed by atoms with Crippen molar-refractivity contribution in [2.75, 3.05) is 5.75 Å². The van der Waals surface area contributed by atoms with Crippen molar-refractivity contribution in [1.82, 2.24) is 20.1 Å². The maximum absolute atomic E-state index is 12.0. The van der Waals surface area contributed by atoms with Gasteiger partial charge in [0.15, 0.2) is 11.0 Å². The van der Waals surface area contributed by atoms with E-state index in [1.165, 1.54) is 17.3 Å². The lowest BCUT2D eigenvalue weighted by atomic mass is 10.1. The van der Waals surface area contributed by atoms with E-state index in [-0.39, 0.29) is 11.4 Å². The van der Waals surface area contributed by atoms with Crippen molar-refractivity contribution in [3.05, 3.63) is 29.8 Å². The highest BCUT2D eigenvalue weighted by atomic mass is 32.2. The molecule has 0 spiro atoms. The second-order valence-electron chi connectivity index (χ2n) is 6.51. The third kappa shape index (κ3) is 4.82. The SMILES string of the molecule is CCn1c(SCC(=O)NC(C)(C)C)nnc1-c1cccc(C)c1. The summed E-state index contributed by atoms with van der Waals surface area (Å²) in [4.78, 5) is 12.0. The van der Waals surface area contributed by atoms with E-state index in [4.69, 9.17) is 0 Å². The van der Waals surface area contributed by atoms with E-state index in [0.717, 1.165) is 23.1 Å². The highest BCUT2D eigenvalue weighted by Crippen LogP contribution is 2.24. The molecule has 0 aliphatic rings. The maximum Gasteiger partial charge on any atom is 0.230 e. The first kappa shape index (κ1) is 17.5. The molecule has 0 saturated heterocycles. The van der Waals surface area contributed by atoms with E-state index < -0.39 is 0 Å². The fraction of sp³-hybridized carbons (Fsp3) is 0.471. The minimum absolute atomic E-state index is 0.00487. The topological polar surface area (TPSA) is 59.8 Å². The van der Waals surface area contributed by atoms with Gasteiger partial charge in [0.25, 0.3) is 0 Å². The molecule has 6 heteroatoms. The lowest BCUT2D eigenvalue weighted by Gasteiger charge is -2.20. The molecule has 0 unspecified atom stereocenters. The summed E-state index contributed by atoms with van der Waals surface area (Å²) < 4.78 is 2.05. The van der Waals surface area contributed by atoms with Gasteiger partial charge in [-0.25, -0.2) is 0 Å². The zero-order valence-electron chi connectivity index (χ0n) is 14.4. The van der Waals surface area contributed by atoms with Crippen LogP contribution in [0.4, 0.5) is 0 Å². The Labute approximate surface area is 141 Å². The summed E-state index contributed by atoms with van der Waals surface area (Å²) in [7, 11) is 0. The number of hydrogen-bond acceptors (Lipinski definition) is 4. The van der Waals surface area contributed by atoms with Crippen molar-refractivity contribution < 1.29 is 4.79 Å². The van der Waals surface area contributed by atoms with Crippen molar-refractivity contribution in [2.45, 2.75) is 51.9 Å². The van der Waals surface area contributed by atoms with Crippen LogP contribution in [0.1, 0.15) is 33.3 Å². The summed E-state index contributed by atoms with van der Waals surface area (Å²) in [6.07, 6.45) is 0. The summed E-state index contributed by atoms with van der Waals surface area (Å²) >= 11 is 1.42. The van der Waals surface area contributed by atoms with Gasteiger partial charge in [-0.05, 0) is 40.7 Å². The standard InChI is InChI=1S/C17H24N4OS/c1-6-21-15(13-9-7-8-12(2)10-13)19-20-16(21)23-11-14(22)18-17(3,4)5/h7-10H,6,11H2,1-5H3,(H,18,22). The number of nitrogens with one attached hydrogen (secondary N) is 1. The number of hydrogen-bond donors (Lipinski definition) is 1. The number of rotatable bonds is 5. The lowest BCUT2D eigenvalue weighted by molar-refractivity contribution is -0.119. The normalized spacial score (nSPS) is 11.5. The summed E-state index contributed by atoms with van der Waals surface area (Å²) in [5.74, 6) is 1.18. The van der Waals surface area contributed by atoms with Crippen LogP contribution in [0, 0.1) is 6.92 Å². The largest absolute Gasteiger partial charge is 0.351 e. The van der Waals surface area contributed by atoms with Gasteiger partial charge in [0.2, 0.25) is 5.91 Å². The average Bonchev–Trinajstić information content (AvgIpc) is 2.86. The minimum atomic E-state index is -0.219. The maximum atomic E-state index is 12.0. The molecule has 1 aromatic carbocycles. The number of amides is 1. The molecular weight excluding hydrogens is 308 g/mol. The highest BCUT2D eigenvalue weighted by Gasteiger charge is 2.17. The number of aromatic nitrogens is 3. The Hall–Kier alpha value is -1.82. The number of nitrogens with zero attached hydrogens (tertiary/aromatic N) is 3. The monoisotopic (exact) mass is 332 g/mol. The molecule has 1 amide bonds. The predicted octanol–water partition coefficient (Wildman–Crippen LogP) is 3.28. The Kier molecular flexibility index (Phi) is 5.46. The molecule has 1 aromatic heterocycles. The third-order valence-corrected chi connectivity index (χ3v) is 4.12. The number of aryl methyl sites for hydroxylation is 1. The van der Waals surface area contributed by atoms with Crippen LogP contribution in [0.2, 0.25) is 0 Å². The van der Waals surface area contributed by atoms with Crippen molar-refractivity contribution in [2.24, 2.45) is 0 Å². The molecule has 0 fully saturated rings. The van der Waals surface area contributed by atoms with Crippen LogP contribution in [0.5, 0.6) is 0 Å². The second kappa shape index (κ2) is 7.17. The van der Waals surface area contributed by atoms with E-state index in [1.54, 1.807) is 0 Å². The number of carbonyl (C=O) groups excluding carboxylic acids is 1. The second-order valence-corrected chi connectivity index (χ2v) is 7.45. The number of carbonyl (C=O) groups is 1. The van der Waals surface area contributed by atoms with E-state index in [1.807, 2.05) is 37.5 Å². The molecule has 0 bridgehead atoms. The molecule has 0 aliphatic carbocycles.